The van der Waals surface area contributed by atoms with Crippen LogP contribution in [0.3, 0.4) is 0 Å². The van der Waals surface area contributed by atoms with Crippen LogP contribution >= 0.6 is 11.3 Å². The lowest BCUT2D eigenvalue weighted by Crippen LogP contribution is -2.48. The van der Waals surface area contributed by atoms with Gasteiger partial charge in [-0.05, 0) is 35.6 Å². The van der Waals surface area contributed by atoms with Gasteiger partial charge in [-0.15, -0.1) is 17.9 Å². The molecule has 31 heavy (non-hydrogen) atoms. The summed E-state index contributed by atoms with van der Waals surface area (Å²) >= 11 is 1.68. The zero-order valence-electron chi connectivity index (χ0n) is 17.7. The van der Waals surface area contributed by atoms with Gasteiger partial charge >= 0.3 is 0 Å². The van der Waals surface area contributed by atoms with E-state index in [1.165, 1.54) is 24.1 Å². The number of carbonyl (C=O) groups is 1. The van der Waals surface area contributed by atoms with Gasteiger partial charge in [-0.3, -0.25) is 9.69 Å². The molecule has 0 saturated carbocycles. The monoisotopic (exact) mass is 448 g/mol. The number of nitrogens with zero attached hydrogens (tertiary/aromatic N) is 2. The SMILES string of the molecule is C=CCN(CC(=O)N1CCc2sccc2[C@@H]1COc1cccc(F)c1)C[C@@H](O)COC. The van der Waals surface area contributed by atoms with E-state index in [2.05, 4.69) is 6.58 Å². The first kappa shape index (κ1) is 23.4. The zero-order valence-corrected chi connectivity index (χ0v) is 18.5. The molecule has 0 unspecified atom stereocenters. The molecule has 3 rings (SSSR count). The maximum atomic E-state index is 13.5. The number of rotatable bonds is 11. The van der Waals surface area contributed by atoms with Gasteiger partial charge in [0.1, 0.15) is 18.2 Å². The third-order valence-corrected chi connectivity index (χ3v) is 6.19. The third-order valence-electron chi connectivity index (χ3n) is 5.19. The van der Waals surface area contributed by atoms with Gasteiger partial charge in [-0.2, -0.15) is 0 Å². The van der Waals surface area contributed by atoms with E-state index < -0.39 is 6.10 Å². The minimum Gasteiger partial charge on any atom is -0.491 e. The van der Waals surface area contributed by atoms with Crippen LogP contribution in [0.15, 0.2) is 48.4 Å². The van der Waals surface area contributed by atoms with E-state index >= 15 is 0 Å². The van der Waals surface area contributed by atoms with Gasteiger partial charge in [0.15, 0.2) is 0 Å². The van der Waals surface area contributed by atoms with Crippen molar-refractivity contribution in [3.8, 4) is 5.75 Å². The van der Waals surface area contributed by atoms with Crippen molar-refractivity contribution >= 4 is 17.2 Å². The molecule has 8 heteroatoms. The molecular weight excluding hydrogens is 419 g/mol. The molecule has 168 valence electrons. The lowest BCUT2D eigenvalue weighted by molar-refractivity contribution is -0.136. The molecule has 2 aromatic rings. The number of thiophene rings is 1. The Labute approximate surface area is 186 Å². The molecule has 1 aromatic heterocycles. The van der Waals surface area contributed by atoms with Gasteiger partial charge < -0.3 is 19.5 Å². The van der Waals surface area contributed by atoms with Crippen molar-refractivity contribution in [3.63, 3.8) is 0 Å². The molecule has 1 aromatic carbocycles. The summed E-state index contributed by atoms with van der Waals surface area (Å²) in [4.78, 5) is 18.2. The third kappa shape index (κ3) is 6.36. The number of methoxy groups -OCH3 is 1. The van der Waals surface area contributed by atoms with E-state index in [9.17, 15) is 14.3 Å². The summed E-state index contributed by atoms with van der Waals surface area (Å²) in [6.07, 6.45) is 1.82. The normalized spacial score (nSPS) is 16.8. The Morgan fingerprint density at radius 3 is 3.06 bits per heavy atom. The molecule has 1 amide bonds. The number of halogens is 1. The van der Waals surface area contributed by atoms with Crippen LogP contribution in [0.4, 0.5) is 4.39 Å². The van der Waals surface area contributed by atoms with Crippen molar-refractivity contribution in [2.45, 2.75) is 18.6 Å². The summed E-state index contributed by atoms with van der Waals surface area (Å²) in [6, 6.07) is 7.79. The average Bonchev–Trinajstić information content (AvgIpc) is 3.21. The lowest BCUT2D eigenvalue weighted by atomic mass is 10.0. The van der Waals surface area contributed by atoms with Crippen molar-refractivity contribution < 1.29 is 23.8 Å². The second-order valence-corrected chi connectivity index (χ2v) is 8.51. The molecule has 0 spiro atoms. The second-order valence-electron chi connectivity index (χ2n) is 7.51. The summed E-state index contributed by atoms with van der Waals surface area (Å²) in [6.45, 7) is 5.74. The topological polar surface area (TPSA) is 62.2 Å². The highest BCUT2D eigenvalue weighted by Gasteiger charge is 2.33. The Kier molecular flexibility index (Phi) is 8.60. The summed E-state index contributed by atoms with van der Waals surface area (Å²) in [5, 5.41) is 12.1. The Morgan fingerprint density at radius 1 is 1.48 bits per heavy atom. The number of fused-ring (bicyclic) bond motifs is 1. The fourth-order valence-electron chi connectivity index (χ4n) is 3.82. The number of benzene rings is 1. The number of aliphatic hydroxyl groups excluding tert-OH is 1. The van der Waals surface area contributed by atoms with Gasteiger partial charge in [-0.1, -0.05) is 12.1 Å². The van der Waals surface area contributed by atoms with E-state index in [-0.39, 0.29) is 37.5 Å². The van der Waals surface area contributed by atoms with E-state index in [1.807, 2.05) is 21.2 Å². The molecular formula is C23H29FN2O4S. The number of amides is 1. The second kappa shape index (κ2) is 11.4. The van der Waals surface area contributed by atoms with Crippen LogP contribution in [-0.2, 0) is 16.0 Å². The molecule has 0 saturated heterocycles. The minimum absolute atomic E-state index is 0.0452. The predicted octanol–water partition coefficient (Wildman–Crippen LogP) is 2.89. The largest absolute Gasteiger partial charge is 0.491 e. The molecule has 6 nitrogen and oxygen atoms in total. The number of ether oxygens (including phenoxy) is 2. The standard InChI is InChI=1S/C23H29FN2O4S/c1-3-9-25(13-18(27)15-29-2)14-23(28)26-10-7-22-20(8-11-31-22)21(26)16-30-19-6-4-5-17(24)12-19/h3-6,8,11-12,18,21,27H,1,7,9-10,13-16H2,2H3/t18-,21+/m1/s1. The van der Waals surface area contributed by atoms with Crippen molar-refractivity contribution in [2.75, 3.05) is 46.5 Å². The molecule has 2 heterocycles. The van der Waals surface area contributed by atoms with Crippen LogP contribution in [0.25, 0.3) is 0 Å². The van der Waals surface area contributed by atoms with E-state index in [4.69, 9.17) is 9.47 Å². The van der Waals surface area contributed by atoms with Gasteiger partial charge in [-0.25, -0.2) is 4.39 Å². The first-order valence-corrected chi connectivity index (χ1v) is 11.1. The minimum atomic E-state index is -0.685. The summed E-state index contributed by atoms with van der Waals surface area (Å²) in [5.74, 6) is 0.0295. The zero-order chi connectivity index (χ0) is 22.2. The van der Waals surface area contributed by atoms with Crippen molar-refractivity contribution in [2.24, 2.45) is 0 Å². The van der Waals surface area contributed by atoms with Crippen LogP contribution in [0, 0.1) is 5.82 Å². The van der Waals surface area contributed by atoms with Gasteiger partial charge in [0, 0.05) is 37.7 Å². The molecule has 2 atom stereocenters. The van der Waals surface area contributed by atoms with Gasteiger partial charge in [0.05, 0.1) is 25.3 Å². The van der Waals surface area contributed by atoms with Crippen molar-refractivity contribution in [1.29, 1.82) is 0 Å². The quantitative estimate of drug-likeness (QED) is 0.536. The molecule has 1 aliphatic heterocycles. The highest BCUT2D eigenvalue weighted by Crippen LogP contribution is 2.34. The molecule has 0 bridgehead atoms. The molecule has 0 fully saturated rings. The fourth-order valence-corrected chi connectivity index (χ4v) is 4.75. The first-order chi connectivity index (χ1) is 15.0. The summed E-state index contributed by atoms with van der Waals surface area (Å²) < 4.78 is 24.4. The maximum absolute atomic E-state index is 13.5. The van der Waals surface area contributed by atoms with Crippen LogP contribution in [0.2, 0.25) is 0 Å². The first-order valence-electron chi connectivity index (χ1n) is 10.3. The smallest absolute Gasteiger partial charge is 0.237 e. The summed E-state index contributed by atoms with van der Waals surface area (Å²) in [7, 11) is 1.53. The van der Waals surface area contributed by atoms with Crippen molar-refractivity contribution in [1.82, 2.24) is 9.80 Å². The Bertz CT molecular complexity index is 875. The van der Waals surface area contributed by atoms with Crippen LogP contribution in [0.5, 0.6) is 5.75 Å². The number of aliphatic hydroxyl groups is 1. The Morgan fingerprint density at radius 2 is 2.32 bits per heavy atom. The van der Waals surface area contributed by atoms with E-state index in [1.54, 1.807) is 29.5 Å². The maximum Gasteiger partial charge on any atom is 0.237 e. The number of hydrogen-bond donors (Lipinski definition) is 1. The highest BCUT2D eigenvalue weighted by molar-refractivity contribution is 7.10. The summed E-state index contributed by atoms with van der Waals surface area (Å²) in [5.41, 5.74) is 1.08. The lowest BCUT2D eigenvalue weighted by Gasteiger charge is -2.37. The molecule has 0 radical (unpaired) electrons. The number of hydrogen-bond acceptors (Lipinski definition) is 6. The Hall–Kier alpha value is -2.26. The van der Waals surface area contributed by atoms with Crippen LogP contribution in [0.1, 0.15) is 16.5 Å². The Balaban J connectivity index is 1.72. The predicted molar refractivity (Wildman–Crippen MR) is 119 cm³/mol. The highest BCUT2D eigenvalue weighted by atomic mass is 32.1. The fraction of sp³-hybridized carbons (Fsp3) is 0.435. The molecule has 1 N–H and O–H groups in total. The molecule has 1 aliphatic rings. The average molecular weight is 449 g/mol. The van der Waals surface area contributed by atoms with E-state index in [0.717, 1.165) is 12.0 Å². The van der Waals surface area contributed by atoms with E-state index in [0.29, 0.717) is 25.4 Å². The number of carbonyl (C=O) groups excluding carboxylic acids is 1. The molecule has 0 aliphatic carbocycles. The van der Waals surface area contributed by atoms with Crippen LogP contribution in [-0.4, -0.2) is 73.4 Å². The van der Waals surface area contributed by atoms with Crippen molar-refractivity contribution in [3.05, 3.63) is 64.6 Å². The van der Waals surface area contributed by atoms with Gasteiger partial charge in [0.2, 0.25) is 5.91 Å². The van der Waals surface area contributed by atoms with Crippen LogP contribution < -0.4 is 4.74 Å². The van der Waals surface area contributed by atoms with Gasteiger partial charge in [0.25, 0.3) is 0 Å².